The minimum atomic E-state index is -1.13. The first-order chi connectivity index (χ1) is 12.1. The van der Waals surface area contributed by atoms with Crippen LogP contribution >= 0.6 is 0 Å². The summed E-state index contributed by atoms with van der Waals surface area (Å²) in [5.41, 5.74) is 0.872. The number of nitrogens with zero attached hydrogens (tertiary/aromatic N) is 3. The standard InChI is InChI=1S/C20H15N3O2/c1-20(17-7-3-5-13-22-17,18-8-4-6-14-23-18)25-19(24)15-9-11-16(21-2)12-10-15/h3-14H,1H3. The van der Waals surface area contributed by atoms with Gasteiger partial charge in [0.15, 0.2) is 11.3 Å². The van der Waals surface area contributed by atoms with Gasteiger partial charge in [0.05, 0.1) is 23.5 Å². The van der Waals surface area contributed by atoms with E-state index < -0.39 is 11.6 Å². The summed E-state index contributed by atoms with van der Waals surface area (Å²) in [6.45, 7) is 8.75. The smallest absolute Gasteiger partial charge is 0.339 e. The van der Waals surface area contributed by atoms with E-state index in [4.69, 9.17) is 11.3 Å². The molecule has 3 aromatic rings. The molecule has 0 radical (unpaired) electrons. The lowest BCUT2D eigenvalue weighted by Gasteiger charge is -2.28. The number of hydrogen-bond acceptors (Lipinski definition) is 4. The number of pyridine rings is 2. The number of hydrogen-bond donors (Lipinski definition) is 0. The number of carbonyl (C=O) groups excluding carboxylic acids is 1. The van der Waals surface area contributed by atoms with Crippen LogP contribution in [0.2, 0.25) is 0 Å². The van der Waals surface area contributed by atoms with E-state index >= 15 is 0 Å². The van der Waals surface area contributed by atoms with E-state index in [9.17, 15) is 4.79 Å². The number of aromatic nitrogens is 2. The molecule has 0 unspecified atom stereocenters. The van der Waals surface area contributed by atoms with E-state index in [1.165, 1.54) is 0 Å². The molecule has 0 bridgehead atoms. The number of benzene rings is 1. The Bertz CT molecular complexity index is 862. The number of esters is 1. The lowest BCUT2D eigenvalue weighted by molar-refractivity contribution is 0.00288. The summed E-state index contributed by atoms with van der Waals surface area (Å²) in [6, 6.07) is 17.2. The van der Waals surface area contributed by atoms with Gasteiger partial charge in [-0.3, -0.25) is 9.97 Å². The van der Waals surface area contributed by atoms with Crippen LogP contribution in [0, 0.1) is 6.57 Å². The minimum Gasteiger partial charge on any atom is -0.443 e. The van der Waals surface area contributed by atoms with Gasteiger partial charge in [0.2, 0.25) is 0 Å². The first kappa shape index (κ1) is 16.3. The second-order valence-corrected chi connectivity index (χ2v) is 5.51. The van der Waals surface area contributed by atoms with Crippen LogP contribution in [0.1, 0.15) is 28.7 Å². The molecular formula is C20H15N3O2. The molecule has 0 N–H and O–H groups in total. The van der Waals surface area contributed by atoms with Crippen molar-refractivity contribution in [3.8, 4) is 0 Å². The number of ether oxygens (including phenoxy) is 1. The highest BCUT2D eigenvalue weighted by Gasteiger charge is 2.36. The number of rotatable bonds is 4. The third-order valence-corrected chi connectivity index (χ3v) is 3.84. The van der Waals surface area contributed by atoms with Crippen molar-refractivity contribution in [1.29, 1.82) is 0 Å². The Morgan fingerprint density at radius 3 is 1.96 bits per heavy atom. The highest BCUT2D eigenvalue weighted by atomic mass is 16.6. The summed E-state index contributed by atoms with van der Waals surface area (Å²) < 4.78 is 5.83. The molecule has 0 aliphatic carbocycles. The van der Waals surface area contributed by atoms with Crippen molar-refractivity contribution in [2.75, 3.05) is 0 Å². The van der Waals surface area contributed by atoms with Gasteiger partial charge in [-0.15, -0.1) is 0 Å². The molecule has 2 heterocycles. The number of carbonyl (C=O) groups is 1. The quantitative estimate of drug-likeness (QED) is 0.533. The van der Waals surface area contributed by atoms with Gasteiger partial charge in [0, 0.05) is 12.4 Å². The van der Waals surface area contributed by atoms with E-state index in [2.05, 4.69) is 14.8 Å². The maximum absolute atomic E-state index is 12.7. The van der Waals surface area contributed by atoms with Gasteiger partial charge in [-0.25, -0.2) is 9.64 Å². The van der Waals surface area contributed by atoms with E-state index in [0.717, 1.165) is 0 Å². The molecule has 0 saturated carbocycles. The summed E-state index contributed by atoms with van der Waals surface area (Å²) in [7, 11) is 0. The van der Waals surface area contributed by atoms with Crippen molar-refractivity contribution in [2.24, 2.45) is 0 Å². The molecule has 1 aromatic carbocycles. The third kappa shape index (κ3) is 3.38. The molecule has 0 aliphatic heterocycles. The van der Waals surface area contributed by atoms with E-state index in [0.29, 0.717) is 22.6 Å². The van der Waals surface area contributed by atoms with Crippen molar-refractivity contribution in [3.63, 3.8) is 0 Å². The fraction of sp³-hybridized carbons (Fsp3) is 0.100. The average molecular weight is 329 g/mol. The molecule has 5 heteroatoms. The molecule has 0 aliphatic rings. The van der Waals surface area contributed by atoms with Gasteiger partial charge in [-0.05, 0) is 31.2 Å². The Morgan fingerprint density at radius 2 is 1.52 bits per heavy atom. The minimum absolute atomic E-state index is 0.366. The monoisotopic (exact) mass is 329 g/mol. The third-order valence-electron chi connectivity index (χ3n) is 3.84. The zero-order valence-corrected chi connectivity index (χ0v) is 13.6. The van der Waals surface area contributed by atoms with Crippen LogP contribution in [0.15, 0.2) is 73.1 Å². The van der Waals surface area contributed by atoms with Gasteiger partial charge in [0.1, 0.15) is 0 Å². The molecule has 0 saturated heterocycles. The predicted octanol–water partition coefficient (Wildman–Crippen LogP) is 4.15. The van der Waals surface area contributed by atoms with Crippen LogP contribution in [0.5, 0.6) is 0 Å². The summed E-state index contributed by atoms with van der Waals surface area (Å²) in [4.78, 5) is 24.7. The topological polar surface area (TPSA) is 56.4 Å². The Labute approximate surface area is 145 Å². The Kier molecular flexibility index (Phi) is 4.53. The molecular weight excluding hydrogens is 314 g/mol. The summed E-state index contributed by atoms with van der Waals surface area (Å²) in [6.07, 6.45) is 3.30. The van der Waals surface area contributed by atoms with Gasteiger partial charge in [-0.1, -0.05) is 36.4 Å². The lowest BCUT2D eigenvalue weighted by Crippen LogP contribution is -2.32. The summed E-state index contributed by atoms with van der Waals surface area (Å²) in [5.74, 6) is -0.504. The maximum atomic E-state index is 12.7. The van der Waals surface area contributed by atoms with Crippen LogP contribution < -0.4 is 0 Å². The van der Waals surface area contributed by atoms with Crippen LogP contribution in [0.4, 0.5) is 5.69 Å². The van der Waals surface area contributed by atoms with Crippen LogP contribution in [-0.4, -0.2) is 15.9 Å². The molecule has 5 nitrogen and oxygen atoms in total. The zero-order chi connectivity index (χ0) is 17.7. The van der Waals surface area contributed by atoms with Crippen LogP contribution in [-0.2, 0) is 10.3 Å². The van der Waals surface area contributed by atoms with Gasteiger partial charge in [-0.2, -0.15) is 0 Å². The van der Waals surface area contributed by atoms with Crippen molar-refractivity contribution in [3.05, 3.63) is 101 Å². The molecule has 2 aromatic heterocycles. The second kappa shape index (κ2) is 6.93. The normalized spacial score (nSPS) is 10.7. The zero-order valence-electron chi connectivity index (χ0n) is 13.6. The first-order valence-electron chi connectivity index (χ1n) is 7.67. The van der Waals surface area contributed by atoms with Gasteiger partial charge >= 0.3 is 5.97 Å². The molecule has 0 fully saturated rings. The van der Waals surface area contributed by atoms with Crippen molar-refractivity contribution < 1.29 is 9.53 Å². The molecule has 3 rings (SSSR count). The largest absolute Gasteiger partial charge is 0.443 e. The first-order valence-corrected chi connectivity index (χ1v) is 7.67. The highest BCUT2D eigenvalue weighted by molar-refractivity contribution is 5.90. The summed E-state index contributed by atoms with van der Waals surface area (Å²) in [5, 5.41) is 0. The average Bonchev–Trinajstić information content (AvgIpc) is 2.69. The van der Waals surface area contributed by atoms with Crippen molar-refractivity contribution in [2.45, 2.75) is 12.5 Å². The Morgan fingerprint density at radius 1 is 0.960 bits per heavy atom. The van der Waals surface area contributed by atoms with Crippen LogP contribution in [0.25, 0.3) is 4.85 Å². The Hall–Kier alpha value is -3.52. The maximum Gasteiger partial charge on any atom is 0.339 e. The van der Waals surface area contributed by atoms with E-state index in [-0.39, 0.29) is 0 Å². The molecule has 0 atom stereocenters. The van der Waals surface area contributed by atoms with Crippen molar-refractivity contribution >= 4 is 11.7 Å². The van der Waals surface area contributed by atoms with E-state index in [1.807, 2.05) is 12.1 Å². The lowest BCUT2D eigenvalue weighted by atomic mass is 9.96. The molecule has 122 valence electrons. The Balaban J connectivity index is 1.98. The van der Waals surface area contributed by atoms with E-state index in [1.54, 1.807) is 67.8 Å². The van der Waals surface area contributed by atoms with Gasteiger partial charge < -0.3 is 4.74 Å². The second-order valence-electron chi connectivity index (χ2n) is 5.51. The SMILES string of the molecule is [C-]#[N+]c1ccc(C(=O)OC(C)(c2ccccn2)c2ccccn2)cc1. The fourth-order valence-corrected chi connectivity index (χ4v) is 2.44. The molecule has 25 heavy (non-hydrogen) atoms. The van der Waals surface area contributed by atoms with Crippen LogP contribution in [0.3, 0.4) is 0 Å². The van der Waals surface area contributed by atoms with Crippen molar-refractivity contribution in [1.82, 2.24) is 9.97 Å². The fourth-order valence-electron chi connectivity index (χ4n) is 2.44. The molecule has 0 spiro atoms. The highest BCUT2D eigenvalue weighted by Crippen LogP contribution is 2.31. The summed E-state index contributed by atoms with van der Waals surface area (Å²) >= 11 is 0. The predicted molar refractivity (Wildman–Crippen MR) is 93.0 cm³/mol. The molecule has 0 amide bonds. The van der Waals surface area contributed by atoms with Gasteiger partial charge in [0.25, 0.3) is 0 Å².